The van der Waals surface area contributed by atoms with E-state index in [1.807, 2.05) is 24.3 Å². The van der Waals surface area contributed by atoms with Crippen LogP contribution in [0.2, 0.25) is 0 Å². The Morgan fingerprint density at radius 3 is 2.75 bits per heavy atom. The first-order valence-electron chi connectivity index (χ1n) is 6.59. The molecule has 0 unspecified atom stereocenters. The molecular formula is C15H17N5. The molecule has 0 aliphatic carbocycles. The Labute approximate surface area is 118 Å². The normalized spacial score (nSPS) is 9.95. The quantitative estimate of drug-likeness (QED) is 0.750. The highest BCUT2D eigenvalue weighted by molar-refractivity contribution is 5.32. The number of rotatable bonds is 7. The summed E-state index contributed by atoms with van der Waals surface area (Å²) in [7, 11) is 0. The van der Waals surface area contributed by atoms with Gasteiger partial charge in [0.15, 0.2) is 0 Å². The van der Waals surface area contributed by atoms with E-state index in [4.69, 9.17) is 5.26 Å². The summed E-state index contributed by atoms with van der Waals surface area (Å²) in [5, 5.41) is 15.3. The summed E-state index contributed by atoms with van der Waals surface area (Å²) in [5.41, 5.74) is 1.83. The summed E-state index contributed by atoms with van der Waals surface area (Å²) < 4.78 is 0. The molecule has 0 aliphatic rings. The minimum atomic E-state index is 0.661. The fourth-order valence-corrected chi connectivity index (χ4v) is 1.79. The maximum absolute atomic E-state index is 8.82. The molecule has 0 radical (unpaired) electrons. The minimum absolute atomic E-state index is 0.661. The minimum Gasteiger partial charge on any atom is -0.354 e. The highest BCUT2D eigenvalue weighted by Gasteiger charge is 1.96. The van der Waals surface area contributed by atoms with Crippen LogP contribution in [0.15, 0.2) is 42.7 Å². The van der Waals surface area contributed by atoms with Crippen LogP contribution < -0.4 is 10.6 Å². The number of hydrogen-bond acceptors (Lipinski definition) is 5. The average molecular weight is 267 g/mol. The van der Waals surface area contributed by atoms with Crippen LogP contribution in [0.25, 0.3) is 0 Å². The Hall–Kier alpha value is -2.45. The van der Waals surface area contributed by atoms with E-state index in [1.54, 1.807) is 18.5 Å². The largest absolute Gasteiger partial charge is 0.354 e. The SMILES string of the molecule is N#Cc1cccc(CNCCCNc2ncccn2)c1. The second-order valence-corrected chi connectivity index (χ2v) is 4.34. The van der Waals surface area contributed by atoms with Crippen LogP contribution >= 0.6 is 0 Å². The molecule has 5 heteroatoms. The number of nitriles is 1. The zero-order chi connectivity index (χ0) is 14.0. The van der Waals surface area contributed by atoms with Crippen LogP contribution in [0.3, 0.4) is 0 Å². The van der Waals surface area contributed by atoms with E-state index in [9.17, 15) is 0 Å². The molecule has 0 spiro atoms. The first kappa shape index (κ1) is 14.0. The maximum atomic E-state index is 8.82. The second-order valence-electron chi connectivity index (χ2n) is 4.34. The van der Waals surface area contributed by atoms with Crippen LogP contribution in [0.4, 0.5) is 5.95 Å². The summed E-state index contributed by atoms with van der Waals surface area (Å²) in [5.74, 6) is 0.661. The summed E-state index contributed by atoms with van der Waals surface area (Å²) in [4.78, 5) is 8.18. The van der Waals surface area contributed by atoms with Gasteiger partial charge in [0.2, 0.25) is 5.95 Å². The van der Waals surface area contributed by atoms with Crippen molar-refractivity contribution in [1.82, 2.24) is 15.3 Å². The topological polar surface area (TPSA) is 73.6 Å². The summed E-state index contributed by atoms with van der Waals surface area (Å²) >= 11 is 0. The third kappa shape index (κ3) is 4.67. The van der Waals surface area contributed by atoms with Crippen molar-refractivity contribution in [3.63, 3.8) is 0 Å². The number of hydrogen-bond donors (Lipinski definition) is 2. The number of aromatic nitrogens is 2. The zero-order valence-corrected chi connectivity index (χ0v) is 11.2. The third-order valence-corrected chi connectivity index (χ3v) is 2.76. The number of benzene rings is 1. The van der Waals surface area contributed by atoms with Crippen LogP contribution in [0.1, 0.15) is 17.5 Å². The van der Waals surface area contributed by atoms with Gasteiger partial charge in [0.25, 0.3) is 0 Å². The van der Waals surface area contributed by atoms with Gasteiger partial charge in [-0.15, -0.1) is 0 Å². The number of anilines is 1. The molecule has 1 aromatic carbocycles. The first-order valence-corrected chi connectivity index (χ1v) is 6.59. The van der Waals surface area contributed by atoms with E-state index in [1.165, 1.54) is 0 Å². The van der Waals surface area contributed by atoms with Crippen LogP contribution in [-0.4, -0.2) is 23.1 Å². The number of nitrogens with one attached hydrogen (secondary N) is 2. The van der Waals surface area contributed by atoms with Crippen molar-refractivity contribution in [3.05, 3.63) is 53.9 Å². The van der Waals surface area contributed by atoms with E-state index in [0.29, 0.717) is 11.5 Å². The summed E-state index contributed by atoms with van der Waals surface area (Å²) in [6.45, 7) is 2.50. The standard InChI is InChI=1S/C15H17N5/c16-11-13-4-1-5-14(10-13)12-17-6-2-7-18-15-19-8-3-9-20-15/h1,3-5,8-10,17H,2,6-7,12H2,(H,18,19,20). The molecule has 0 fully saturated rings. The molecule has 2 aromatic rings. The van der Waals surface area contributed by atoms with Gasteiger partial charge in [-0.05, 0) is 36.7 Å². The molecular weight excluding hydrogens is 250 g/mol. The van der Waals surface area contributed by atoms with Gasteiger partial charge in [0.1, 0.15) is 0 Å². The van der Waals surface area contributed by atoms with E-state index in [0.717, 1.165) is 31.6 Å². The number of nitrogens with zero attached hydrogens (tertiary/aromatic N) is 3. The van der Waals surface area contributed by atoms with Gasteiger partial charge >= 0.3 is 0 Å². The van der Waals surface area contributed by atoms with Gasteiger partial charge in [-0.25, -0.2) is 9.97 Å². The molecule has 1 heterocycles. The van der Waals surface area contributed by atoms with Gasteiger partial charge in [0.05, 0.1) is 11.6 Å². The summed E-state index contributed by atoms with van der Waals surface area (Å²) in [6.07, 6.45) is 4.42. The van der Waals surface area contributed by atoms with Gasteiger partial charge in [-0.1, -0.05) is 12.1 Å². The monoisotopic (exact) mass is 267 g/mol. The fraction of sp³-hybridized carbons (Fsp3) is 0.267. The molecule has 0 saturated carbocycles. The highest BCUT2D eigenvalue weighted by atomic mass is 15.1. The van der Waals surface area contributed by atoms with Crippen molar-refractivity contribution < 1.29 is 0 Å². The molecule has 102 valence electrons. The first-order chi connectivity index (χ1) is 9.88. The lowest BCUT2D eigenvalue weighted by molar-refractivity contribution is 0.662. The van der Waals surface area contributed by atoms with Crippen molar-refractivity contribution >= 4 is 5.95 Å². The summed E-state index contributed by atoms with van der Waals surface area (Å²) in [6, 6.07) is 11.6. The molecule has 2 rings (SSSR count). The Kier molecular flexibility index (Phi) is 5.50. The average Bonchev–Trinajstić information content (AvgIpc) is 2.52. The Morgan fingerprint density at radius 2 is 1.95 bits per heavy atom. The second kappa shape index (κ2) is 7.87. The maximum Gasteiger partial charge on any atom is 0.222 e. The molecule has 0 saturated heterocycles. The molecule has 1 aromatic heterocycles. The Balaban J connectivity index is 1.61. The van der Waals surface area contributed by atoms with Gasteiger partial charge < -0.3 is 10.6 Å². The fourth-order valence-electron chi connectivity index (χ4n) is 1.79. The third-order valence-electron chi connectivity index (χ3n) is 2.76. The Bertz CT molecular complexity index is 562. The van der Waals surface area contributed by atoms with E-state index in [2.05, 4.69) is 26.7 Å². The van der Waals surface area contributed by atoms with Crippen LogP contribution in [0, 0.1) is 11.3 Å². The van der Waals surface area contributed by atoms with Crippen molar-refractivity contribution in [1.29, 1.82) is 5.26 Å². The van der Waals surface area contributed by atoms with Crippen LogP contribution in [0.5, 0.6) is 0 Å². The van der Waals surface area contributed by atoms with Crippen molar-refractivity contribution in [3.8, 4) is 6.07 Å². The molecule has 5 nitrogen and oxygen atoms in total. The molecule has 2 N–H and O–H groups in total. The molecule has 0 bridgehead atoms. The lowest BCUT2D eigenvalue weighted by Gasteiger charge is -2.06. The van der Waals surface area contributed by atoms with Gasteiger partial charge in [-0.2, -0.15) is 5.26 Å². The zero-order valence-electron chi connectivity index (χ0n) is 11.2. The van der Waals surface area contributed by atoms with E-state index < -0.39 is 0 Å². The highest BCUT2D eigenvalue weighted by Crippen LogP contribution is 2.03. The Morgan fingerprint density at radius 1 is 1.10 bits per heavy atom. The molecule has 20 heavy (non-hydrogen) atoms. The van der Waals surface area contributed by atoms with Crippen molar-refractivity contribution in [2.45, 2.75) is 13.0 Å². The smallest absolute Gasteiger partial charge is 0.222 e. The van der Waals surface area contributed by atoms with Crippen molar-refractivity contribution in [2.75, 3.05) is 18.4 Å². The lowest BCUT2D eigenvalue weighted by atomic mass is 10.1. The molecule has 0 atom stereocenters. The molecule has 0 amide bonds. The van der Waals surface area contributed by atoms with Gasteiger partial charge in [-0.3, -0.25) is 0 Å². The predicted molar refractivity (Wildman–Crippen MR) is 78.0 cm³/mol. The van der Waals surface area contributed by atoms with Gasteiger partial charge in [0, 0.05) is 25.5 Å². The van der Waals surface area contributed by atoms with Crippen LogP contribution in [-0.2, 0) is 6.54 Å². The van der Waals surface area contributed by atoms with Crippen molar-refractivity contribution in [2.24, 2.45) is 0 Å². The predicted octanol–water partition coefficient (Wildman–Crippen LogP) is 1.94. The lowest BCUT2D eigenvalue weighted by Crippen LogP contribution is -2.18. The molecule has 0 aliphatic heterocycles. The van der Waals surface area contributed by atoms with E-state index in [-0.39, 0.29) is 0 Å². The van der Waals surface area contributed by atoms with E-state index >= 15 is 0 Å².